The highest BCUT2D eigenvalue weighted by Crippen LogP contribution is 2.22. The fraction of sp³-hybridized carbons (Fsp3) is 0.118. The Kier molecular flexibility index (Phi) is 4.33. The minimum absolute atomic E-state index is 0.208. The minimum Gasteiger partial charge on any atom is -0.439 e. The van der Waals surface area contributed by atoms with Crippen LogP contribution in [0, 0.1) is 6.92 Å². The Bertz CT molecular complexity index is 800. The topological polar surface area (TPSA) is 77.3 Å². The largest absolute Gasteiger partial charge is 0.439 e. The number of pyridine rings is 1. The van der Waals surface area contributed by atoms with E-state index in [4.69, 9.17) is 9.15 Å². The number of nitrogens with zero attached hydrogens (tertiary/aromatic N) is 2. The van der Waals surface area contributed by atoms with Crippen LogP contribution in [0.5, 0.6) is 11.6 Å². The van der Waals surface area contributed by atoms with Crippen molar-refractivity contribution in [3.05, 3.63) is 72.1 Å². The van der Waals surface area contributed by atoms with Gasteiger partial charge in [0.25, 0.3) is 5.91 Å². The van der Waals surface area contributed by atoms with Crippen molar-refractivity contribution in [1.82, 2.24) is 15.3 Å². The molecule has 0 radical (unpaired) electrons. The van der Waals surface area contributed by atoms with E-state index >= 15 is 0 Å². The molecular weight excluding hydrogens is 294 g/mol. The number of hydrogen-bond acceptors (Lipinski definition) is 5. The van der Waals surface area contributed by atoms with Crippen molar-refractivity contribution in [3.8, 4) is 11.6 Å². The molecule has 1 N–H and O–H groups in total. The fourth-order valence-corrected chi connectivity index (χ4v) is 2.03. The van der Waals surface area contributed by atoms with Crippen molar-refractivity contribution in [2.24, 2.45) is 0 Å². The maximum Gasteiger partial charge on any atom is 0.289 e. The van der Waals surface area contributed by atoms with Gasteiger partial charge >= 0.3 is 0 Å². The lowest BCUT2D eigenvalue weighted by Gasteiger charge is -2.10. The average molecular weight is 309 g/mol. The van der Waals surface area contributed by atoms with Crippen LogP contribution in [0.4, 0.5) is 0 Å². The summed E-state index contributed by atoms with van der Waals surface area (Å²) in [5.74, 6) is 1.02. The molecule has 0 fully saturated rings. The molecule has 0 bridgehead atoms. The number of aromatic nitrogens is 2. The third kappa shape index (κ3) is 3.55. The molecule has 0 saturated carbocycles. The molecule has 6 nitrogen and oxygen atoms in total. The molecule has 0 unspecified atom stereocenters. The molecule has 3 aromatic rings. The van der Waals surface area contributed by atoms with E-state index in [9.17, 15) is 4.79 Å². The van der Waals surface area contributed by atoms with Crippen LogP contribution in [0.1, 0.15) is 21.8 Å². The molecule has 0 atom stereocenters. The highest BCUT2D eigenvalue weighted by Gasteiger charge is 2.14. The van der Waals surface area contributed by atoms with E-state index < -0.39 is 0 Å². The molecule has 0 aliphatic carbocycles. The van der Waals surface area contributed by atoms with E-state index in [-0.39, 0.29) is 18.2 Å². The molecule has 0 aliphatic heterocycles. The van der Waals surface area contributed by atoms with Crippen molar-refractivity contribution in [1.29, 1.82) is 0 Å². The van der Waals surface area contributed by atoms with E-state index in [1.807, 2.05) is 36.4 Å². The van der Waals surface area contributed by atoms with Gasteiger partial charge < -0.3 is 14.5 Å². The van der Waals surface area contributed by atoms with Crippen LogP contribution >= 0.6 is 0 Å². The summed E-state index contributed by atoms with van der Waals surface area (Å²) in [6.45, 7) is 1.99. The Balaban J connectivity index is 1.71. The average Bonchev–Trinajstić information content (AvgIpc) is 3.01. The van der Waals surface area contributed by atoms with E-state index in [1.165, 1.54) is 6.39 Å². The van der Waals surface area contributed by atoms with E-state index in [2.05, 4.69) is 15.3 Å². The number of rotatable bonds is 5. The molecule has 0 aliphatic rings. The van der Waals surface area contributed by atoms with Gasteiger partial charge in [0.1, 0.15) is 5.75 Å². The van der Waals surface area contributed by atoms with Crippen LogP contribution in [-0.4, -0.2) is 15.9 Å². The third-order valence-corrected chi connectivity index (χ3v) is 3.20. The molecule has 2 aromatic heterocycles. The first-order valence-electron chi connectivity index (χ1n) is 7.09. The molecular formula is C17H15N3O3. The molecule has 0 spiro atoms. The summed E-state index contributed by atoms with van der Waals surface area (Å²) in [5.41, 5.74) is 1.32. The zero-order chi connectivity index (χ0) is 16.1. The fourth-order valence-electron chi connectivity index (χ4n) is 2.03. The van der Waals surface area contributed by atoms with Crippen LogP contribution < -0.4 is 10.1 Å². The van der Waals surface area contributed by atoms with Crippen LogP contribution in [0.3, 0.4) is 0 Å². The molecule has 1 amide bonds. The monoisotopic (exact) mass is 309 g/mol. The number of hydrogen-bond donors (Lipinski definition) is 1. The number of aryl methyl sites for hydroxylation is 1. The molecule has 3 rings (SSSR count). The van der Waals surface area contributed by atoms with Gasteiger partial charge in [-0.05, 0) is 25.1 Å². The maximum atomic E-state index is 12.1. The highest BCUT2D eigenvalue weighted by atomic mass is 16.5. The second-order valence-electron chi connectivity index (χ2n) is 4.83. The van der Waals surface area contributed by atoms with Crippen molar-refractivity contribution in [3.63, 3.8) is 0 Å². The number of para-hydroxylation sites is 1. The molecule has 23 heavy (non-hydrogen) atoms. The van der Waals surface area contributed by atoms with Crippen LogP contribution in [0.2, 0.25) is 0 Å². The van der Waals surface area contributed by atoms with Crippen LogP contribution in [-0.2, 0) is 6.54 Å². The van der Waals surface area contributed by atoms with E-state index in [0.717, 1.165) is 5.56 Å². The zero-order valence-corrected chi connectivity index (χ0v) is 12.5. The quantitative estimate of drug-likeness (QED) is 0.783. The summed E-state index contributed by atoms with van der Waals surface area (Å²) < 4.78 is 10.8. The van der Waals surface area contributed by atoms with Gasteiger partial charge in [-0.15, -0.1) is 0 Å². The highest BCUT2D eigenvalue weighted by molar-refractivity contribution is 5.92. The molecule has 116 valence electrons. The zero-order valence-electron chi connectivity index (χ0n) is 12.5. The lowest BCUT2D eigenvalue weighted by molar-refractivity contribution is 0.0922. The summed E-state index contributed by atoms with van der Waals surface area (Å²) in [5, 5.41) is 2.78. The number of nitrogens with one attached hydrogen (secondary N) is 1. The lowest BCUT2D eigenvalue weighted by Crippen LogP contribution is -2.23. The first kappa shape index (κ1) is 14.8. The van der Waals surface area contributed by atoms with Crippen LogP contribution in [0.15, 0.2) is 59.5 Å². The predicted molar refractivity (Wildman–Crippen MR) is 83.2 cm³/mol. The molecule has 0 saturated heterocycles. The maximum absolute atomic E-state index is 12.1. The van der Waals surface area contributed by atoms with Crippen molar-refractivity contribution in [2.45, 2.75) is 13.5 Å². The SMILES string of the molecule is Cc1ncoc1C(=O)NCc1cccnc1Oc1ccccc1. The van der Waals surface area contributed by atoms with Gasteiger partial charge in [0.15, 0.2) is 6.39 Å². The van der Waals surface area contributed by atoms with Crippen molar-refractivity contribution < 1.29 is 13.9 Å². The third-order valence-electron chi connectivity index (χ3n) is 3.20. The summed E-state index contributed by atoms with van der Waals surface area (Å²) in [6.07, 6.45) is 2.89. The first-order chi connectivity index (χ1) is 11.2. The first-order valence-corrected chi connectivity index (χ1v) is 7.09. The second kappa shape index (κ2) is 6.74. The van der Waals surface area contributed by atoms with Gasteiger partial charge in [0.05, 0.1) is 5.69 Å². The van der Waals surface area contributed by atoms with Crippen LogP contribution in [0.25, 0.3) is 0 Å². The number of benzene rings is 1. The number of carbonyl (C=O) groups excluding carboxylic acids is 1. The normalized spacial score (nSPS) is 10.3. The second-order valence-corrected chi connectivity index (χ2v) is 4.83. The van der Waals surface area contributed by atoms with Crippen molar-refractivity contribution >= 4 is 5.91 Å². The molecule has 6 heteroatoms. The number of oxazole rings is 1. The summed E-state index contributed by atoms with van der Waals surface area (Å²) in [4.78, 5) is 20.2. The summed E-state index contributed by atoms with van der Waals surface area (Å²) in [7, 11) is 0. The lowest BCUT2D eigenvalue weighted by atomic mass is 10.2. The molecule has 1 aromatic carbocycles. The Morgan fingerprint density at radius 3 is 2.74 bits per heavy atom. The Morgan fingerprint density at radius 2 is 2.00 bits per heavy atom. The summed E-state index contributed by atoms with van der Waals surface area (Å²) in [6, 6.07) is 13.0. The van der Waals surface area contributed by atoms with Gasteiger partial charge in [-0.1, -0.05) is 24.3 Å². The van der Waals surface area contributed by atoms with Crippen molar-refractivity contribution in [2.75, 3.05) is 0 Å². The number of amides is 1. The minimum atomic E-state index is -0.325. The summed E-state index contributed by atoms with van der Waals surface area (Å²) >= 11 is 0. The standard InChI is InChI=1S/C17H15N3O3/c1-12-15(22-11-20-12)16(21)19-10-13-6-5-9-18-17(13)23-14-7-3-2-4-8-14/h2-9,11H,10H2,1H3,(H,19,21). The van der Waals surface area contributed by atoms with Gasteiger partial charge in [-0.25, -0.2) is 9.97 Å². The van der Waals surface area contributed by atoms with E-state index in [1.54, 1.807) is 19.2 Å². The number of carbonyl (C=O) groups is 1. The Hall–Kier alpha value is -3.15. The van der Waals surface area contributed by atoms with Gasteiger partial charge in [0.2, 0.25) is 11.6 Å². The van der Waals surface area contributed by atoms with Gasteiger partial charge in [-0.2, -0.15) is 0 Å². The predicted octanol–water partition coefficient (Wildman–Crippen LogP) is 3.10. The van der Waals surface area contributed by atoms with Gasteiger partial charge in [-0.3, -0.25) is 4.79 Å². The molecule has 2 heterocycles. The Labute approximate surface area is 133 Å². The van der Waals surface area contributed by atoms with E-state index in [0.29, 0.717) is 17.3 Å². The Morgan fingerprint density at radius 1 is 1.17 bits per heavy atom. The smallest absolute Gasteiger partial charge is 0.289 e. The number of ether oxygens (including phenoxy) is 1. The van der Waals surface area contributed by atoms with Gasteiger partial charge in [0, 0.05) is 18.3 Å².